The third-order valence-electron chi connectivity index (χ3n) is 4.86. The first-order valence-corrected chi connectivity index (χ1v) is 9.65. The molecule has 0 aliphatic rings. The number of furan rings is 1. The highest BCUT2D eigenvalue weighted by molar-refractivity contribution is 6.30. The fourth-order valence-corrected chi connectivity index (χ4v) is 3.35. The van der Waals surface area contributed by atoms with Crippen molar-refractivity contribution < 1.29 is 19.1 Å². The van der Waals surface area contributed by atoms with Crippen LogP contribution in [-0.4, -0.2) is 16.7 Å². The molecule has 30 heavy (non-hydrogen) atoms. The molecule has 0 radical (unpaired) electrons. The first kappa shape index (κ1) is 19.7. The number of phenolic OH excluding ortho intramolecular Hbond substituents is 1. The van der Waals surface area contributed by atoms with Crippen LogP contribution in [0.2, 0.25) is 5.02 Å². The van der Waals surface area contributed by atoms with Crippen LogP contribution in [0.1, 0.15) is 37.6 Å². The monoisotopic (exact) mass is 416 g/mol. The third kappa shape index (κ3) is 3.78. The Balaban J connectivity index is 1.69. The van der Waals surface area contributed by atoms with Gasteiger partial charge in [-0.15, -0.1) is 0 Å². The maximum absolute atomic E-state index is 12.8. The number of aryl methyl sites for hydroxylation is 1. The number of halogens is 1. The Hall–Kier alpha value is -3.63. The SMILES string of the molecule is Cc1c(C(=O)c2ccccc2)oc2cc(O)c(C(=O)/C=C/c3ccc(Cl)cc3)cc12. The molecule has 0 amide bonds. The van der Waals surface area contributed by atoms with Crippen molar-refractivity contribution in [2.45, 2.75) is 6.92 Å². The summed E-state index contributed by atoms with van der Waals surface area (Å²) in [6.45, 7) is 1.76. The molecular weight excluding hydrogens is 400 g/mol. The Morgan fingerprint density at radius 3 is 2.40 bits per heavy atom. The summed E-state index contributed by atoms with van der Waals surface area (Å²) in [4.78, 5) is 25.4. The summed E-state index contributed by atoms with van der Waals surface area (Å²) >= 11 is 5.87. The van der Waals surface area contributed by atoms with Crippen molar-refractivity contribution in [3.8, 4) is 5.75 Å². The van der Waals surface area contributed by atoms with Gasteiger partial charge in [0.05, 0.1) is 5.56 Å². The molecule has 0 unspecified atom stereocenters. The van der Waals surface area contributed by atoms with E-state index < -0.39 is 0 Å². The molecule has 0 atom stereocenters. The fraction of sp³-hybridized carbons (Fsp3) is 0.0400. The second-order valence-corrected chi connectivity index (χ2v) is 7.30. The molecule has 3 aromatic carbocycles. The molecule has 1 heterocycles. The van der Waals surface area contributed by atoms with E-state index in [0.29, 0.717) is 27.1 Å². The Bertz CT molecular complexity index is 1280. The van der Waals surface area contributed by atoms with Gasteiger partial charge >= 0.3 is 0 Å². The number of ketones is 2. The van der Waals surface area contributed by atoms with E-state index in [1.807, 2.05) is 6.07 Å². The summed E-state index contributed by atoms with van der Waals surface area (Å²) in [6, 6.07) is 18.8. The lowest BCUT2D eigenvalue weighted by atomic mass is 10.0. The maximum atomic E-state index is 12.8. The van der Waals surface area contributed by atoms with Crippen LogP contribution in [0.25, 0.3) is 17.0 Å². The van der Waals surface area contributed by atoms with E-state index in [9.17, 15) is 14.7 Å². The summed E-state index contributed by atoms with van der Waals surface area (Å²) in [7, 11) is 0. The van der Waals surface area contributed by atoms with Gasteiger partial charge in [0.2, 0.25) is 5.78 Å². The van der Waals surface area contributed by atoms with Gasteiger partial charge < -0.3 is 9.52 Å². The first-order valence-electron chi connectivity index (χ1n) is 9.28. The van der Waals surface area contributed by atoms with Crippen molar-refractivity contribution in [2.24, 2.45) is 0 Å². The average Bonchev–Trinajstić information content (AvgIpc) is 3.08. The molecule has 4 nitrogen and oxygen atoms in total. The summed E-state index contributed by atoms with van der Waals surface area (Å²) in [5.41, 5.74) is 2.42. The number of phenols is 1. The van der Waals surface area contributed by atoms with Crippen LogP contribution in [0.3, 0.4) is 0 Å². The molecule has 148 valence electrons. The van der Waals surface area contributed by atoms with Crippen molar-refractivity contribution in [2.75, 3.05) is 0 Å². The van der Waals surface area contributed by atoms with Gasteiger partial charge in [-0.05, 0) is 36.8 Å². The first-order chi connectivity index (χ1) is 14.4. The van der Waals surface area contributed by atoms with Crippen molar-refractivity contribution in [1.82, 2.24) is 0 Å². The lowest BCUT2D eigenvalue weighted by Crippen LogP contribution is -2.00. The van der Waals surface area contributed by atoms with Gasteiger partial charge in [-0.1, -0.05) is 60.1 Å². The minimum Gasteiger partial charge on any atom is -0.507 e. The van der Waals surface area contributed by atoms with Crippen molar-refractivity contribution in [1.29, 1.82) is 0 Å². The van der Waals surface area contributed by atoms with Gasteiger partial charge in [-0.2, -0.15) is 0 Å². The topological polar surface area (TPSA) is 67.5 Å². The molecule has 0 spiro atoms. The van der Waals surface area contributed by atoms with Crippen LogP contribution < -0.4 is 0 Å². The minimum atomic E-state index is -0.360. The van der Waals surface area contributed by atoms with E-state index in [1.165, 1.54) is 12.1 Å². The van der Waals surface area contributed by atoms with Gasteiger partial charge in [0.25, 0.3) is 0 Å². The minimum absolute atomic E-state index is 0.135. The smallest absolute Gasteiger partial charge is 0.228 e. The molecule has 0 fully saturated rings. The number of carbonyl (C=O) groups excluding carboxylic acids is 2. The molecule has 0 aliphatic heterocycles. The van der Waals surface area contributed by atoms with Crippen LogP contribution in [0.5, 0.6) is 5.75 Å². The maximum Gasteiger partial charge on any atom is 0.228 e. The standard InChI is InChI=1S/C25H17ClO4/c1-15-19-13-20(21(27)12-9-16-7-10-18(26)11-8-16)22(28)14-23(19)30-25(15)24(29)17-5-3-2-4-6-17/h2-14,28H,1H3/b12-9+. The van der Waals surface area contributed by atoms with Crippen LogP contribution in [-0.2, 0) is 0 Å². The van der Waals surface area contributed by atoms with Crippen LogP contribution in [0, 0.1) is 6.92 Å². The highest BCUT2D eigenvalue weighted by atomic mass is 35.5. The Morgan fingerprint density at radius 1 is 1.00 bits per heavy atom. The Labute approximate surface area is 178 Å². The van der Waals surface area contributed by atoms with E-state index >= 15 is 0 Å². The second-order valence-electron chi connectivity index (χ2n) is 6.87. The van der Waals surface area contributed by atoms with E-state index in [0.717, 1.165) is 5.56 Å². The van der Waals surface area contributed by atoms with Crippen LogP contribution in [0.4, 0.5) is 0 Å². The summed E-state index contributed by atoms with van der Waals surface area (Å²) in [6.07, 6.45) is 3.03. The molecule has 0 aliphatic carbocycles. The number of hydrogen-bond acceptors (Lipinski definition) is 4. The van der Waals surface area contributed by atoms with Gasteiger partial charge in [0.1, 0.15) is 11.3 Å². The Morgan fingerprint density at radius 2 is 1.70 bits per heavy atom. The summed E-state index contributed by atoms with van der Waals surface area (Å²) in [5, 5.41) is 11.6. The zero-order chi connectivity index (χ0) is 21.3. The fourth-order valence-electron chi connectivity index (χ4n) is 3.23. The van der Waals surface area contributed by atoms with Crippen molar-refractivity contribution >= 4 is 40.2 Å². The predicted molar refractivity (Wildman–Crippen MR) is 117 cm³/mol. The molecule has 5 heteroatoms. The van der Waals surface area contributed by atoms with Gasteiger partial charge in [-0.3, -0.25) is 9.59 Å². The molecular formula is C25H17ClO4. The molecule has 0 saturated carbocycles. The number of carbonyl (C=O) groups is 2. The normalized spacial score (nSPS) is 11.3. The third-order valence-corrected chi connectivity index (χ3v) is 5.11. The lowest BCUT2D eigenvalue weighted by Gasteiger charge is -2.01. The summed E-state index contributed by atoms with van der Waals surface area (Å²) in [5.74, 6) is -0.627. The number of rotatable bonds is 5. The molecule has 1 N–H and O–H groups in total. The molecule has 0 bridgehead atoms. The number of allylic oxidation sites excluding steroid dienone is 1. The highest BCUT2D eigenvalue weighted by Gasteiger charge is 2.21. The number of aromatic hydroxyl groups is 1. The van der Waals surface area contributed by atoms with E-state index in [-0.39, 0.29) is 28.6 Å². The molecule has 0 saturated heterocycles. The van der Waals surface area contributed by atoms with Gasteiger partial charge in [-0.25, -0.2) is 0 Å². The van der Waals surface area contributed by atoms with Crippen molar-refractivity contribution in [3.63, 3.8) is 0 Å². The second kappa shape index (κ2) is 8.01. The van der Waals surface area contributed by atoms with Crippen LogP contribution >= 0.6 is 11.6 Å². The summed E-state index contributed by atoms with van der Waals surface area (Å²) < 4.78 is 5.72. The molecule has 1 aromatic heterocycles. The quantitative estimate of drug-likeness (QED) is 0.309. The number of hydrogen-bond donors (Lipinski definition) is 1. The van der Waals surface area contributed by atoms with Gasteiger partial charge in [0.15, 0.2) is 11.5 Å². The predicted octanol–water partition coefficient (Wildman–Crippen LogP) is 6.23. The van der Waals surface area contributed by atoms with E-state index in [2.05, 4.69) is 0 Å². The lowest BCUT2D eigenvalue weighted by molar-refractivity contribution is 0.101. The van der Waals surface area contributed by atoms with Crippen molar-refractivity contribution in [3.05, 3.63) is 106 Å². The van der Waals surface area contributed by atoms with E-state index in [4.69, 9.17) is 16.0 Å². The zero-order valence-corrected chi connectivity index (χ0v) is 16.8. The average molecular weight is 417 g/mol. The molecule has 4 aromatic rings. The number of benzene rings is 3. The zero-order valence-electron chi connectivity index (χ0n) is 16.1. The highest BCUT2D eigenvalue weighted by Crippen LogP contribution is 2.32. The largest absolute Gasteiger partial charge is 0.507 e. The number of fused-ring (bicyclic) bond motifs is 1. The Kier molecular flexibility index (Phi) is 5.25. The molecule has 4 rings (SSSR count). The van der Waals surface area contributed by atoms with Crippen LogP contribution in [0.15, 0.2) is 77.2 Å². The van der Waals surface area contributed by atoms with Gasteiger partial charge in [0, 0.05) is 27.6 Å². The van der Waals surface area contributed by atoms with E-state index in [1.54, 1.807) is 67.6 Å².